The van der Waals surface area contributed by atoms with Crippen molar-refractivity contribution in [2.45, 2.75) is 12.8 Å². The molecule has 0 saturated heterocycles. The summed E-state index contributed by atoms with van der Waals surface area (Å²) < 4.78 is 1.35. The minimum absolute atomic E-state index is 0.298. The monoisotopic (exact) mass is 284 g/mol. The normalized spacial score (nSPS) is 10.9. The van der Waals surface area contributed by atoms with Gasteiger partial charge in [0.15, 0.2) is 5.65 Å². The van der Waals surface area contributed by atoms with Gasteiger partial charge < -0.3 is 11.1 Å². The number of rotatable bonds is 5. The van der Waals surface area contributed by atoms with Crippen molar-refractivity contribution in [2.24, 2.45) is 5.73 Å². The molecule has 3 rings (SSSR count). The van der Waals surface area contributed by atoms with Gasteiger partial charge in [-0.05, 0) is 37.1 Å². The van der Waals surface area contributed by atoms with E-state index in [4.69, 9.17) is 5.73 Å². The van der Waals surface area contributed by atoms with Crippen LogP contribution in [0.2, 0.25) is 0 Å². The molecule has 0 aliphatic heterocycles. The van der Waals surface area contributed by atoms with Crippen LogP contribution in [-0.4, -0.2) is 26.1 Å². The second kappa shape index (κ2) is 5.76. The van der Waals surface area contributed by atoms with Crippen LogP contribution in [0.4, 0.5) is 11.5 Å². The Morgan fingerprint density at radius 3 is 3.10 bits per heavy atom. The molecule has 0 unspecified atom stereocenters. The molecule has 2 heterocycles. The maximum atomic E-state index is 11.4. The Balaban J connectivity index is 1.82. The summed E-state index contributed by atoms with van der Waals surface area (Å²) in [5.74, 6) is 0.637. The fraction of sp³-hybridized carbons (Fsp3) is 0.214. The number of hydrogen-bond donors (Lipinski definition) is 3. The molecular formula is C14H16N6O. The Morgan fingerprint density at radius 1 is 1.33 bits per heavy atom. The molecule has 7 heteroatoms. The van der Waals surface area contributed by atoms with Gasteiger partial charge in [-0.3, -0.25) is 0 Å². The van der Waals surface area contributed by atoms with Crippen molar-refractivity contribution in [2.75, 3.05) is 11.9 Å². The Morgan fingerprint density at radius 2 is 2.24 bits per heavy atom. The summed E-state index contributed by atoms with van der Waals surface area (Å²) in [5.41, 5.74) is 7.92. The summed E-state index contributed by atoms with van der Waals surface area (Å²) in [6, 6.07) is 9.81. The van der Waals surface area contributed by atoms with Gasteiger partial charge >= 0.3 is 5.69 Å². The smallest absolute Gasteiger partial charge is 0.340 e. The Bertz CT molecular complexity index is 806. The molecule has 0 atom stereocenters. The van der Waals surface area contributed by atoms with Crippen LogP contribution in [0.5, 0.6) is 0 Å². The third-order valence-corrected chi connectivity index (χ3v) is 3.18. The van der Waals surface area contributed by atoms with Gasteiger partial charge in [-0.25, -0.2) is 19.3 Å². The van der Waals surface area contributed by atoms with Crippen molar-refractivity contribution >= 4 is 17.2 Å². The van der Waals surface area contributed by atoms with Crippen LogP contribution in [0, 0.1) is 0 Å². The van der Waals surface area contributed by atoms with E-state index in [1.165, 1.54) is 16.3 Å². The van der Waals surface area contributed by atoms with Gasteiger partial charge in [0.2, 0.25) is 0 Å². The summed E-state index contributed by atoms with van der Waals surface area (Å²) in [6.07, 6.45) is 3.36. The van der Waals surface area contributed by atoms with E-state index in [-0.39, 0.29) is 5.69 Å². The molecule has 108 valence electrons. The molecule has 0 aliphatic carbocycles. The van der Waals surface area contributed by atoms with Crippen LogP contribution in [0.3, 0.4) is 0 Å². The van der Waals surface area contributed by atoms with E-state index < -0.39 is 0 Å². The SMILES string of the molecule is NCCCc1cccc(Nc2cc3n[nH]c(=O)n3cn2)c1. The van der Waals surface area contributed by atoms with E-state index in [1.54, 1.807) is 6.07 Å². The van der Waals surface area contributed by atoms with Crippen LogP contribution in [0.25, 0.3) is 5.65 Å². The largest absolute Gasteiger partial charge is 0.348 e. The number of aromatic nitrogens is 4. The van der Waals surface area contributed by atoms with Gasteiger partial charge in [0, 0.05) is 11.8 Å². The number of nitrogens with one attached hydrogen (secondary N) is 2. The number of H-pyrrole nitrogens is 1. The molecule has 7 nitrogen and oxygen atoms in total. The van der Waals surface area contributed by atoms with Crippen LogP contribution in [0.1, 0.15) is 12.0 Å². The van der Waals surface area contributed by atoms with E-state index >= 15 is 0 Å². The summed E-state index contributed by atoms with van der Waals surface area (Å²) in [6.45, 7) is 0.684. The summed E-state index contributed by atoms with van der Waals surface area (Å²) in [5, 5.41) is 9.50. The molecule has 3 aromatic rings. The van der Waals surface area contributed by atoms with Crippen molar-refractivity contribution in [3.63, 3.8) is 0 Å². The standard InChI is InChI=1S/C14H16N6O/c15-6-2-4-10-3-1-5-11(7-10)17-12-8-13-18-19-14(21)20(13)9-16-12/h1,3,5,7-9,17H,2,4,6,15H2,(H,19,21). The van der Waals surface area contributed by atoms with E-state index in [1.807, 2.05) is 12.1 Å². The van der Waals surface area contributed by atoms with Crippen LogP contribution in [0.15, 0.2) is 41.5 Å². The summed E-state index contributed by atoms with van der Waals surface area (Å²) in [7, 11) is 0. The molecule has 0 aliphatic rings. The van der Waals surface area contributed by atoms with E-state index in [0.717, 1.165) is 18.5 Å². The minimum Gasteiger partial charge on any atom is -0.340 e. The number of nitrogens with zero attached hydrogens (tertiary/aromatic N) is 3. The molecule has 0 radical (unpaired) electrons. The van der Waals surface area contributed by atoms with E-state index in [2.05, 4.69) is 32.6 Å². The summed E-state index contributed by atoms with van der Waals surface area (Å²) >= 11 is 0. The molecular weight excluding hydrogens is 268 g/mol. The maximum Gasteiger partial charge on any atom is 0.348 e. The zero-order valence-electron chi connectivity index (χ0n) is 11.4. The van der Waals surface area contributed by atoms with E-state index in [9.17, 15) is 4.79 Å². The molecule has 0 spiro atoms. The highest BCUT2D eigenvalue weighted by Crippen LogP contribution is 2.17. The van der Waals surface area contributed by atoms with E-state index in [0.29, 0.717) is 18.0 Å². The lowest BCUT2D eigenvalue weighted by molar-refractivity contribution is 0.833. The predicted octanol–water partition coefficient (Wildman–Crippen LogP) is 1.05. The number of fused-ring (bicyclic) bond motifs is 1. The second-order valence-corrected chi connectivity index (χ2v) is 4.75. The van der Waals surface area contributed by atoms with Crippen LogP contribution >= 0.6 is 0 Å². The zero-order valence-corrected chi connectivity index (χ0v) is 11.4. The summed E-state index contributed by atoms with van der Waals surface area (Å²) in [4.78, 5) is 15.6. The zero-order chi connectivity index (χ0) is 14.7. The number of aromatic amines is 1. The predicted molar refractivity (Wildman–Crippen MR) is 80.7 cm³/mol. The van der Waals surface area contributed by atoms with Crippen molar-refractivity contribution in [1.82, 2.24) is 19.6 Å². The van der Waals surface area contributed by atoms with Crippen molar-refractivity contribution < 1.29 is 0 Å². The maximum absolute atomic E-state index is 11.4. The molecule has 0 fully saturated rings. The lowest BCUT2D eigenvalue weighted by Gasteiger charge is -2.07. The number of anilines is 2. The average Bonchev–Trinajstić information content (AvgIpc) is 2.86. The van der Waals surface area contributed by atoms with Gasteiger partial charge in [0.05, 0.1) is 0 Å². The van der Waals surface area contributed by atoms with Crippen molar-refractivity contribution in [1.29, 1.82) is 0 Å². The topological polar surface area (TPSA) is 101 Å². The highest BCUT2D eigenvalue weighted by molar-refractivity contribution is 5.60. The number of aryl methyl sites for hydroxylation is 1. The second-order valence-electron chi connectivity index (χ2n) is 4.75. The highest BCUT2D eigenvalue weighted by Gasteiger charge is 2.03. The highest BCUT2D eigenvalue weighted by atomic mass is 16.1. The first-order valence-corrected chi connectivity index (χ1v) is 6.75. The van der Waals surface area contributed by atoms with Gasteiger partial charge in [0.25, 0.3) is 0 Å². The number of benzene rings is 1. The Hall–Kier alpha value is -2.67. The molecule has 2 aromatic heterocycles. The quantitative estimate of drug-likeness (QED) is 0.650. The fourth-order valence-electron chi connectivity index (χ4n) is 2.14. The van der Waals surface area contributed by atoms with Crippen LogP contribution < -0.4 is 16.7 Å². The molecule has 21 heavy (non-hydrogen) atoms. The fourth-order valence-corrected chi connectivity index (χ4v) is 2.14. The molecule has 4 N–H and O–H groups in total. The first-order chi connectivity index (χ1) is 10.3. The van der Waals surface area contributed by atoms with Crippen LogP contribution in [-0.2, 0) is 6.42 Å². The Labute approximate surface area is 120 Å². The van der Waals surface area contributed by atoms with Crippen molar-refractivity contribution in [3.05, 3.63) is 52.7 Å². The first-order valence-electron chi connectivity index (χ1n) is 6.75. The lowest BCUT2D eigenvalue weighted by Crippen LogP contribution is -2.09. The third kappa shape index (κ3) is 2.92. The minimum atomic E-state index is -0.298. The number of hydrogen-bond acceptors (Lipinski definition) is 5. The number of nitrogens with two attached hydrogens (primary N) is 1. The lowest BCUT2D eigenvalue weighted by atomic mass is 10.1. The van der Waals surface area contributed by atoms with Gasteiger partial charge in [-0.1, -0.05) is 12.1 Å². The molecule has 1 aromatic carbocycles. The van der Waals surface area contributed by atoms with Gasteiger partial charge in [-0.15, -0.1) is 0 Å². The van der Waals surface area contributed by atoms with Crippen molar-refractivity contribution in [3.8, 4) is 0 Å². The third-order valence-electron chi connectivity index (χ3n) is 3.18. The first kappa shape index (κ1) is 13.3. The van der Waals surface area contributed by atoms with Gasteiger partial charge in [0.1, 0.15) is 12.1 Å². The molecule has 0 bridgehead atoms. The van der Waals surface area contributed by atoms with Gasteiger partial charge in [-0.2, -0.15) is 5.10 Å². The molecule has 0 saturated carbocycles. The Kier molecular flexibility index (Phi) is 3.65. The molecule has 0 amide bonds. The average molecular weight is 284 g/mol.